The Morgan fingerprint density at radius 1 is 0.963 bits per heavy atom. The van der Waals surface area contributed by atoms with Crippen molar-refractivity contribution in [3.8, 4) is 11.3 Å². The smallest absolute Gasteiger partial charge is 0.0756 e. The Bertz CT molecular complexity index is 1200. The van der Waals surface area contributed by atoms with E-state index < -0.39 is 0 Å². The van der Waals surface area contributed by atoms with Crippen LogP contribution in [0.3, 0.4) is 0 Å². The third-order valence-electron chi connectivity index (χ3n) is 5.96. The molecule has 2 heterocycles. The first-order chi connectivity index (χ1) is 13.0. The fourth-order valence-corrected chi connectivity index (χ4v) is 4.61. The molecule has 0 aliphatic heterocycles. The summed E-state index contributed by atoms with van der Waals surface area (Å²) in [5.74, 6) is 0.623. The standard InChI is InChI=1S/C25H24N2/c1-15(2)11-16-7-6-10-22-19(16)12-20-24(27-22)18-9-5-8-17-13-26-14-21(23(17)18)25(20,3)4/h5-10,12-15H,11H2,1-4H3. The van der Waals surface area contributed by atoms with E-state index in [2.05, 4.69) is 75.1 Å². The molecule has 5 rings (SSSR count). The number of nitrogens with zero attached hydrogens (tertiary/aromatic N) is 2. The van der Waals surface area contributed by atoms with Gasteiger partial charge in [-0.25, -0.2) is 4.98 Å². The van der Waals surface area contributed by atoms with E-state index in [0.717, 1.165) is 17.6 Å². The van der Waals surface area contributed by atoms with E-state index in [1.807, 2.05) is 12.4 Å². The van der Waals surface area contributed by atoms with E-state index in [-0.39, 0.29) is 5.41 Å². The summed E-state index contributed by atoms with van der Waals surface area (Å²) in [6.45, 7) is 9.15. The van der Waals surface area contributed by atoms with Crippen LogP contribution in [0.1, 0.15) is 44.4 Å². The maximum atomic E-state index is 5.18. The molecule has 0 radical (unpaired) electrons. The highest BCUT2D eigenvalue weighted by Gasteiger charge is 2.35. The summed E-state index contributed by atoms with van der Waals surface area (Å²) in [4.78, 5) is 9.71. The van der Waals surface area contributed by atoms with Gasteiger partial charge in [-0.2, -0.15) is 0 Å². The average Bonchev–Trinajstić information content (AvgIpc) is 2.65. The zero-order valence-corrected chi connectivity index (χ0v) is 16.4. The molecule has 2 heteroatoms. The summed E-state index contributed by atoms with van der Waals surface area (Å²) in [6.07, 6.45) is 5.08. The predicted molar refractivity (Wildman–Crippen MR) is 113 cm³/mol. The minimum Gasteiger partial charge on any atom is -0.264 e. The molecule has 2 aromatic heterocycles. The molecule has 0 atom stereocenters. The van der Waals surface area contributed by atoms with Gasteiger partial charge in [0, 0.05) is 34.1 Å². The molecule has 2 nitrogen and oxygen atoms in total. The Hall–Kier alpha value is -2.74. The molecule has 0 amide bonds. The van der Waals surface area contributed by atoms with Gasteiger partial charge in [0.2, 0.25) is 0 Å². The van der Waals surface area contributed by atoms with Crippen LogP contribution in [0.4, 0.5) is 0 Å². The number of fused-ring (bicyclic) bond motifs is 3. The molecule has 4 aromatic rings. The van der Waals surface area contributed by atoms with Gasteiger partial charge in [0.25, 0.3) is 0 Å². The number of pyridine rings is 2. The van der Waals surface area contributed by atoms with Crippen molar-refractivity contribution < 1.29 is 0 Å². The SMILES string of the molecule is CC(C)Cc1cccc2nc3c(cc12)C(C)(C)c1cncc2cccc-3c12. The molecule has 1 aliphatic rings. The Labute approximate surface area is 160 Å². The molecule has 0 N–H and O–H groups in total. The second kappa shape index (κ2) is 5.63. The van der Waals surface area contributed by atoms with Gasteiger partial charge in [-0.3, -0.25) is 4.98 Å². The minimum absolute atomic E-state index is 0.123. The Balaban J connectivity index is 1.90. The molecule has 0 saturated heterocycles. The lowest BCUT2D eigenvalue weighted by molar-refractivity contribution is 0.638. The Morgan fingerprint density at radius 2 is 1.78 bits per heavy atom. The first kappa shape index (κ1) is 16.4. The van der Waals surface area contributed by atoms with E-state index in [0.29, 0.717) is 5.92 Å². The van der Waals surface area contributed by atoms with Gasteiger partial charge < -0.3 is 0 Å². The van der Waals surface area contributed by atoms with Crippen LogP contribution >= 0.6 is 0 Å². The lowest BCUT2D eigenvalue weighted by Crippen LogP contribution is -2.24. The summed E-state index contributed by atoms with van der Waals surface area (Å²) >= 11 is 0. The van der Waals surface area contributed by atoms with Gasteiger partial charge in [-0.15, -0.1) is 0 Å². The van der Waals surface area contributed by atoms with E-state index in [1.165, 1.54) is 38.4 Å². The first-order valence-electron chi connectivity index (χ1n) is 9.77. The third kappa shape index (κ3) is 2.32. The van der Waals surface area contributed by atoms with Gasteiger partial charge >= 0.3 is 0 Å². The predicted octanol–water partition coefficient (Wildman–Crippen LogP) is 6.29. The maximum Gasteiger partial charge on any atom is 0.0756 e. The zero-order valence-electron chi connectivity index (χ0n) is 16.4. The number of aromatic nitrogens is 2. The molecule has 134 valence electrons. The zero-order chi connectivity index (χ0) is 18.8. The molecule has 1 aliphatic carbocycles. The van der Waals surface area contributed by atoms with E-state index in [1.54, 1.807) is 0 Å². The molecule has 27 heavy (non-hydrogen) atoms. The van der Waals surface area contributed by atoms with Crippen molar-refractivity contribution in [2.75, 3.05) is 0 Å². The fourth-order valence-electron chi connectivity index (χ4n) is 4.61. The summed E-state index contributed by atoms with van der Waals surface area (Å²) in [6, 6.07) is 15.4. The van der Waals surface area contributed by atoms with Crippen molar-refractivity contribution in [1.29, 1.82) is 0 Å². The van der Waals surface area contributed by atoms with Crippen LogP contribution in [-0.2, 0) is 11.8 Å². The van der Waals surface area contributed by atoms with Crippen molar-refractivity contribution in [3.63, 3.8) is 0 Å². The van der Waals surface area contributed by atoms with Crippen molar-refractivity contribution in [1.82, 2.24) is 9.97 Å². The molecule has 0 unspecified atom stereocenters. The largest absolute Gasteiger partial charge is 0.264 e. The number of rotatable bonds is 2. The van der Waals surface area contributed by atoms with E-state index in [9.17, 15) is 0 Å². The van der Waals surface area contributed by atoms with Crippen LogP contribution in [-0.4, -0.2) is 9.97 Å². The van der Waals surface area contributed by atoms with Gasteiger partial charge in [-0.1, -0.05) is 58.0 Å². The molecule has 2 aromatic carbocycles. The highest BCUT2D eigenvalue weighted by Crippen LogP contribution is 2.48. The number of hydrogen-bond donors (Lipinski definition) is 0. The molecule has 0 fully saturated rings. The second-order valence-electron chi connectivity index (χ2n) is 8.68. The Kier molecular flexibility index (Phi) is 3.42. The van der Waals surface area contributed by atoms with E-state index >= 15 is 0 Å². The summed E-state index contributed by atoms with van der Waals surface area (Å²) in [5, 5.41) is 3.78. The van der Waals surface area contributed by atoms with Crippen molar-refractivity contribution in [2.45, 2.75) is 39.5 Å². The molecule has 0 saturated carbocycles. The monoisotopic (exact) mass is 352 g/mol. The van der Waals surface area contributed by atoms with Crippen LogP contribution in [0.15, 0.2) is 54.9 Å². The van der Waals surface area contributed by atoms with Gasteiger partial charge in [0.15, 0.2) is 0 Å². The van der Waals surface area contributed by atoms with Crippen LogP contribution < -0.4 is 0 Å². The first-order valence-corrected chi connectivity index (χ1v) is 9.77. The molecule has 0 spiro atoms. The summed E-state index contributed by atoms with van der Waals surface area (Å²) < 4.78 is 0. The normalized spacial score (nSPS) is 14.7. The van der Waals surface area contributed by atoms with Crippen molar-refractivity contribution in [2.24, 2.45) is 5.92 Å². The molecular formula is C25H24N2. The lowest BCUT2D eigenvalue weighted by Gasteiger charge is -2.34. The van der Waals surface area contributed by atoms with Gasteiger partial charge in [0.05, 0.1) is 11.2 Å². The van der Waals surface area contributed by atoms with Crippen molar-refractivity contribution >= 4 is 21.7 Å². The second-order valence-corrected chi connectivity index (χ2v) is 8.68. The van der Waals surface area contributed by atoms with E-state index in [4.69, 9.17) is 4.98 Å². The maximum absolute atomic E-state index is 5.18. The Morgan fingerprint density at radius 3 is 2.59 bits per heavy atom. The molecule has 0 bridgehead atoms. The van der Waals surface area contributed by atoms with Crippen LogP contribution in [0.2, 0.25) is 0 Å². The van der Waals surface area contributed by atoms with Crippen LogP contribution in [0, 0.1) is 5.92 Å². The minimum atomic E-state index is -0.123. The number of hydrogen-bond acceptors (Lipinski definition) is 2. The van der Waals surface area contributed by atoms with Gasteiger partial charge in [-0.05, 0) is 46.5 Å². The average molecular weight is 352 g/mol. The summed E-state index contributed by atoms with van der Waals surface area (Å²) in [5.41, 5.74) is 7.32. The highest BCUT2D eigenvalue weighted by atomic mass is 14.7. The van der Waals surface area contributed by atoms with Crippen LogP contribution in [0.5, 0.6) is 0 Å². The topological polar surface area (TPSA) is 25.8 Å². The molecular weight excluding hydrogens is 328 g/mol. The third-order valence-corrected chi connectivity index (χ3v) is 5.96. The fraction of sp³-hybridized carbons (Fsp3) is 0.280. The lowest BCUT2D eigenvalue weighted by atomic mass is 9.70. The van der Waals surface area contributed by atoms with Crippen LogP contribution in [0.25, 0.3) is 32.9 Å². The highest BCUT2D eigenvalue weighted by molar-refractivity contribution is 6.03. The van der Waals surface area contributed by atoms with Gasteiger partial charge in [0.1, 0.15) is 0 Å². The van der Waals surface area contributed by atoms with Crippen molar-refractivity contribution in [3.05, 3.63) is 71.5 Å². The number of benzene rings is 2. The summed E-state index contributed by atoms with van der Waals surface area (Å²) in [7, 11) is 0. The quantitative estimate of drug-likeness (QED) is 0.424.